The van der Waals surface area contributed by atoms with Crippen molar-refractivity contribution in [1.29, 1.82) is 0 Å². The van der Waals surface area contributed by atoms with Gasteiger partial charge in [-0.25, -0.2) is 24.9 Å². The molecule has 0 unspecified atom stereocenters. The molecule has 3 aliphatic rings. The highest BCUT2D eigenvalue weighted by Crippen LogP contribution is 2.45. The van der Waals surface area contributed by atoms with Gasteiger partial charge in [0.25, 0.3) is 5.91 Å². The third-order valence-corrected chi connectivity index (χ3v) is 7.81. The minimum absolute atomic E-state index is 0.0405. The number of benzene rings is 1. The number of ether oxygens (including phenoxy) is 1. The predicted octanol–water partition coefficient (Wildman–Crippen LogP) is 4.35. The van der Waals surface area contributed by atoms with E-state index in [2.05, 4.69) is 19.9 Å². The molecule has 4 aromatic rings. The van der Waals surface area contributed by atoms with Crippen LogP contribution in [0.15, 0.2) is 41.8 Å². The van der Waals surface area contributed by atoms with Crippen LogP contribution in [0.1, 0.15) is 73.6 Å². The summed E-state index contributed by atoms with van der Waals surface area (Å²) in [6.45, 7) is 1.87. The number of carbonyl (C=O) groups excluding carboxylic acids is 1. The van der Waals surface area contributed by atoms with Crippen molar-refractivity contribution in [3.8, 4) is 28.7 Å². The van der Waals surface area contributed by atoms with E-state index in [4.69, 9.17) is 14.7 Å². The molecule has 1 aromatic carbocycles. The van der Waals surface area contributed by atoms with E-state index in [1.54, 1.807) is 16.7 Å². The molecule has 3 aromatic heterocycles. The zero-order valence-corrected chi connectivity index (χ0v) is 22.9. The Kier molecular flexibility index (Phi) is 6.17. The van der Waals surface area contributed by atoms with Gasteiger partial charge in [0, 0.05) is 35.4 Å². The first-order valence-corrected chi connectivity index (χ1v) is 13.8. The molecule has 1 aliphatic heterocycles. The summed E-state index contributed by atoms with van der Waals surface area (Å²) in [7, 11) is 1.53. The van der Waals surface area contributed by atoms with Crippen LogP contribution < -0.4 is 15.4 Å². The molecule has 2 aliphatic carbocycles. The smallest absolute Gasteiger partial charge is 0.434 e. The van der Waals surface area contributed by atoms with Crippen LogP contribution in [-0.2, 0) is 17.4 Å². The number of rotatable bonds is 7. The SMILES string of the molecule is COc1ncnc(C2CC2)c1-c1nc(Cc2ccc(-c3nc(C(F)(F)F)cn3C3CC3)cc2)c2c(n1)=NC(=O)CC=2C. The third-order valence-electron chi connectivity index (χ3n) is 7.81. The normalized spacial score (nSPS) is 16.8. The Hall–Kier alpha value is -4.48. The van der Waals surface area contributed by atoms with E-state index < -0.39 is 11.9 Å². The standard InChI is InChI=1S/C30H26F3N7O2/c1-15-11-22(41)38-26-23(15)20(36-27(39-26)24-25(17-7-8-17)34-14-35-29(24)42-2)12-16-3-5-18(6-4-16)28-37-21(30(31,32)33)13-40(28)19-9-10-19/h3-6,13-14,17,19H,7-12H2,1-2H3. The topological polar surface area (TPSA) is 108 Å². The first kappa shape index (κ1) is 26.4. The Morgan fingerprint density at radius 2 is 1.79 bits per heavy atom. The van der Waals surface area contributed by atoms with Gasteiger partial charge in [-0.1, -0.05) is 29.8 Å². The van der Waals surface area contributed by atoms with Crippen LogP contribution in [0.3, 0.4) is 0 Å². The van der Waals surface area contributed by atoms with Gasteiger partial charge in [-0.15, -0.1) is 0 Å². The monoisotopic (exact) mass is 573 g/mol. The number of hydrogen-bond acceptors (Lipinski definition) is 7. The number of amides is 1. The lowest BCUT2D eigenvalue weighted by atomic mass is 10.0. The number of aromatic nitrogens is 6. The molecule has 1 amide bonds. The van der Waals surface area contributed by atoms with Crippen molar-refractivity contribution >= 4 is 11.5 Å². The van der Waals surface area contributed by atoms with Crippen molar-refractivity contribution in [2.45, 2.75) is 63.6 Å². The molecule has 0 N–H and O–H groups in total. The molecule has 12 heteroatoms. The molecule has 42 heavy (non-hydrogen) atoms. The van der Waals surface area contributed by atoms with Crippen molar-refractivity contribution < 1.29 is 22.7 Å². The number of nitrogens with zero attached hydrogens (tertiary/aromatic N) is 7. The Bertz CT molecular complexity index is 1860. The lowest BCUT2D eigenvalue weighted by molar-refractivity contribution is -0.140. The van der Waals surface area contributed by atoms with Gasteiger partial charge >= 0.3 is 6.18 Å². The van der Waals surface area contributed by atoms with Gasteiger partial charge < -0.3 is 9.30 Å². The number of halogens is 3. The molecule has 2 fully saturated rings. The summed E-state index contributed by atoms with van der Waals surface area (Å²) in [5.41, 5.74) is 3.83. The molecule has 9 nitrogen and oxygen atoms in total. The van der Waals surface area contributed by atoms with Crippen LogP contribution in [0.5, 0.6) is 5.88 Å². The van der Waals surface area contributed by atoms with Gasteiger partial charge in [-0.05, 0) is 38.2 Å². The average molecular weight is 574 g/mol. The van der Waals surface area contributed by atoms with E-state index in [0.29, 0.717) is 46.3 Å². The molecule has 0 bridgehead atoms. The summed E-state index contributed by atoms with van der Waals surface area (Å²) in [4.78, 5) is 39.0. The molecule has 214 valence electrons. The highest BCUT2D eigenvalue weighted by molar-refractivity contribution is 5.86. The van der Waals surface area contributed by atoms with Gasteiger partial charge in [0.15, 0.2) is 17.0 Å². The molecule has 7 rings (SSSR count). The summed E-state index contributed by atoms with van der Waals surface area (Å²) in [5.74, 6) is 0.998. The number of hydrogen-bond donors (Lipinski definition) is 0. The molecule has 0 spiro atoms. The predicted molar refractivity (Wildman–Crippen MR) is 145 cm³/mol. The quantitative estimate of drug-likeness (QED) is 0.324. The van der Waals surface area contributed by atoms with Gasteiger partial charge in [0.05, 0.1) is 24.9 Å². The number of fused-ring (bicyclic) bond motifs is 1. The van der Waals surface area contributed by atoms with Crippen molar-refractivity contribution in [2.24, 2.45) is 4.99 Å². The molecular formula is C30H26F3N7O2. The zero-order valence-electron chi connectivity index (χ0n) is 22.9. The van der Waals surface area contributed by atoms with Crippen molar-refractivity contribution in [2.75, 3.05) is 7.11 Å². The largest absolute Gasteiger partial charge is 0.480 e. The Morgan fingerprint density at radius 3 is 2.45 bits per heavy atom. The van der Waals surface area contributed by atoms with E-state index in [0.717, 1.165) is 53.9 Å². The fourth-order valence-corrected chi connectivity index (χ4v) is 5.48. The zero-order chi connectivity index (χ0) is 29.2. The Morgan fingerprint density at radius 1 is 1.02 bits per heavy atom. The minimum atomic E-state index is -4.51. The van der Waals surface area contributed by atoms with Gasteiger partial charge in [-0.2, -0.15) is 18.2 Å². The van der Waals surface area contributed by atoms with Crippen LogP contribution in [0.25, 0.3) is 28.3 Å². The summed E-state index contributed by atoms with van der Waals surface area (Å²) < 4.78 is 47.5. The van der Waals surface area contributed by atoms with Crippen molar-refractivity contribution in [3.63, 3.8) is 0 Å². The van der Waals surface area contributed by atoms with Crippen LogP contribution in [0, 0.1) is 0 Å². The Balaban J connectivity index is 1.30. The number of methoxy groups -OCH3 is 1. The second-order valence-electron chi connectivity index (χ2n) is 11.0. The lowest BCUT2D eigenvalue weighted by Gasteiger charge is -2.14. The fourth-order valence-electron chi connectivity index (χ4n) is 5.48. The first-order valence-electron chi connectivity index (χ1n) is 13.8. The van der Waals surface area contributed by atoms with Crippen LogP contribution in [0.2, 0.25) is 0 Å². The van der Waals surface area contributed by atoms with Gasteiger partial charge in [0.1, 0.15) is 17.7 Å². The first-order chi connectivity index (χ1) is 20.2. The maximum absolute atomic E-state index is 13.4. The molecule has 2 saturated carbocycles. The molecule has 4 heterocycles. The van der Waals surface area contributed by atoms with Crippen LogP contribution in [-0.4, -0.2) is 42.5 Å². The summed E-state index contributed by atoms with van der Waals surface area (Å²) in [5, 5.41) is 0.727. The van der Waals surface area contributed by atoms with E-state index in [-0.39, 0.29) is 24.3 Å². The van der Waals surface area contributed by atoms with E-state index in [9.17, 15) is 18.0 Å². The fraction of sp³-hybridized carbons (Fsp3) is 0.367. The second-order valence-corrected chi connectivity index (χ2v) is 11.0. The van der Waals surface area contributed by atoms with Crippen LogP contribution >= 0.6 is 0 Å². The summed E-state index contributed by atoms with van der Waals surface area (Å²) in [6.07, 6.45) is 2.30. The maximum atomic E-state index is 13.4. The van der Waals surface area contributed by atoms with Gasteiger partial charge in [0.2, 0.25) is 5.88 Å². The average Bonchev–Trinajstić information content (AvgIpc) is 3.90. The summed E-state index contributed by atoms with van der Waals surface area (Å²) in [6, 6.07) is 7.35. The van der Waals surface area contributed by atoms with Crippen molar-refractivity contribution in [1.82, 2.24) is 29.5 Å². The lowest BCUT2D eigenvalue weighted by Crippen LogP contribution is -2.39. The minimum Gasteiger partial charge on any atom is -0.480 e. The molecule has 0 atom stereocenters. The third kappa shape index (κ3) is 4.84. The highest BCUT2D eigenvalue weighted by atomic mass is 19.4. The van der Waals surface area contributed by atoms with Gasteiger partial charge in [-0.3, -0.25) is 4.79 Å². The van der Waals surface area contributed by atoms with E-state index >= 15 is 0 Å². The number of carbonyl (C=O) groups is 1. The van der Waals surface area contributed by atoms with E-state index in [1.807, 2.05) is 19.1 Å². The summed E-state index contributed by atoms with van der Waals surface area (Å²) >= 11 is 0. The molecule has 0 saturated heterocycles. The molecule has 0 radical (unpaired) electrons. The Labute approximate surface area is 238 Å². The number of imidazole rings is 1. The maximum Gasteiger partial charge on any atom is 0.434 e. The van der Waals surface area contributed by atoms with Crippen molar-refractivity contribution in [3.05, 3.63) is 70.1 Å². The second kappa shape index (κ2) is 9.81. The van der Waals surface area contributed by atoms with E-state index in [1.165, 1.54) is 13.4 Å². The highest BCUT2D eigenvalue weighted by Gasteiger charge is 2.37. The molecular weight excluding hydrogens is 547 g/mol. The van der Waals surface area contributed by atoms with Crippen LogP contribution in [0.4, 0.5) is 13.2 Å². The number of alkyl halides is 3.